The molecule has 1 aromatic carbocycles. The maximum atomic E-state index is 11.5. The van der Waals surface area contributed by atoms with Crippen molar-refractivity contribution in [3.8, 4) is 0 Å². The Morgan fingerprint density at radius 2 is 2.35 bits per heavy atom. The van der Waals surface area contributed by atoms with E-state index in [0.717, 1.165) is 16.5 Å². The Balaban J connectivity index is 2.50. The van der Waals surface area contributed by atoms with Crippen LogP contribution in [0.1, 0.15) is 15.9 Å². The number of ether oxygens (including phenoxy) is 1. The van der Waals surface area contributed by atoms with E-state index in [2.05, 4.69) is 4.98 Å². The van der Waals surface area contributed by atoms with Gasteiger partial charge in [0.2, 0.25) is 0 Å². The van der Waals surface area contributed by atoms with Gasteiger partial charge < -0.3 is 14.8 Å². The summed E-state index contributed by atoms with van der Waals surface area (Å²) in [5.74, 6) is -0.362. The number of aliphatic hydroxyl groups is 1. The molecule has 0 saturated carbocycles. The number of benzene rings is 1. The van der Waals surface area contributed by atoms with Gasteiger partial charge in [0.15, 0.2) is 0 Å². The van der Waals surface area contributed by atoms with Gasteiger partial charge >= 0.3 is 5.97 Å². The van der Waals surface area contributed by atoms with Crippen molar-refractivity contribution in [1.82, 2.24) is 4.98 Å². The third-order valence-corrected chi connectivity index (χ3v) is 2.53. The van der Waals surface area contributed by atoms with Crippen LogP contribution in [-0.4, -0.2) is 29.8 Å². The van der Waals surface area contributed by atoms with Crippen LogP contribution in [-0.2, 0) is 4.74 Å². The van der Waals surface area contributed by atoms with Crippen LogP contribution < -0.4 is 0 Å². The van der Waals surface area contributed by atoms with Crippen LogP contribution in [0.4, 0.5) is 0 Å². The summed E-state index contributed by atoms with van der Waals surface area (Å²) in [4.78, 5) is 14.5. The molecule has 4 nitrogen and oxygen atoms in total. The molecule has 1 heterocycles. The number of aromatic amines is 1. The van der Waals surface area contributed by atoms with Crippen molar-refractivity contribution in [2.75, 3.05) is 13.7 Å². The van der Waals surface area contributed by atoms with Crippen LogP contribution in [0.25, 0.3) is 17.0 Å². The van der Waals surface area contributed by atoms with E-state index in [1.807, 2.05) is 18.2 Å². The Labute approximate surface area is 98.5 Å². The van der Waals surface area contributed by atoms with Crippen molar-refractivity contribution >= 4 is 22.9 Å². The molecule has 2 aromatic rings. The highest BCUT2D eigenvalue weighted by atomic mass is 16.5. The number of rotatable bonds is 3. The van der Waals surface area contributed by atoms with Gasteiger partial charge in [0.25, 0.3) is 0 Å². The minimum absolute atomic E-state index is 0.00493. The maximum Gasteiger partial charge on any atom is 0.340 e. The standard InChI is InChI=1S/C13H13NO3/c1-17-13(16)11-8-14-12-5-4-9(3-2-6-15)7-10(11)12/h2-5,7-8,14-15H,6H2,1H3. The molecular formula is C13H13NO3. The van der Waals surface area contributed by atoms with Gasteiger partial charge in [-0.2, -0.15) is 0 Å². The maximum absolute atomic E-state index is 11.5. The first-order chi connectivity index (χ1) is 8.26. The van der Waals surface area contributed by atoms with Gasteiger partial charge in [0, 0.05) is 17.1 Å². The number of aliphatic hydroxyl groups excluding tert-OH is 1. The molecule has 0 spiro atoms. The molecule has 0 aliphatic carbocycles. The molecule has 0 radical (unpaired) electrons. The van der Waals surface area contributed by atoms with Crippen molar-refractivity contribution < 1.29 is 14.6 Å². The summed E-state index contributed by atoms with van der Waals surface area (Å²) < 4.78 is 4.71. The van der Waals surface area contributed by atoms with Crippen LogP contribution in [0.15, 0.2) is 30.5 Å². The average molecular weight is 231 g/mol. The Hall–Kier alpha value is -2.07. The van der Waals surface area contributed by atoms with E-state index in [1.165, 1.54) is 7.11 Å². The number of carbonyl (C=O) groups excluding carboxylic acids is 1. The first-order valence-electron chi connectivity index (χ1n) is 5.23. The van der Waals surface area contributed by atoms with Crippen molar-refractivity contribution in [3.05, 3.63) is 41.6 Å². The number of nitrogens with one attached hydrogen (secondary N) is 1. The van der Waals surface area contributed by atoms with Gasteiger partial charge in [-0.05, 0) is 17.7 Å². The predicted molar refractivity (Wildman–Crippen MR) is 65.8 cm³/mol. The van der Waals surface area contributed by atoms with Gasteiger partial charge in [0.1, 0.15) is 0 Å². The van der Waals surface area contributed by atoms with Crippen LogP contribution in [0.3, 0.4) is 0 Å². The smallest absolute Gasteiger partial charge is 0.340 e. The molecule has 1 aromatic heterocycles. The topological polar surface area (TPSA) is 62.3 Å². The molecule has 0 bridgehead atoms. The Kier molecular flexibility index (Phi) is 3.25. The number of carbonyl (C=O) groups is 1. The lowest BCUT2D eigenvalue weighted by Crippen LogP contribution is -1.99. The summed E-state index contributed by atoms with van der Waals surface area (Å²) >= 11 is 0. The molecule has 0 fully saturated rings. The number of hydrogen-bond donors (Lipinski definition) is 2. The Morgan fingerprint density at radius 3 is 3.06 bits per heavy atom. The van der Waals surface area contributed by atoms with Crippen LogP contribution >= 0.6 is 0 Å². The molecule has 0 amide bonds. The number of aromatic nitrogens is 1. The first-order valence-corrected chi connectivity index (χ1v) is 5.23. The van der Waals surface area contributed by atoms with E-state index in [0.29, 0.717) is 5.56 Å². The number of hydrogen-bond acceptors (Lipinski definition) is 3. The zero-order chi connectivity index (χ0) is 12.3. The Morgan fingerprint density at radius 1 is 1.53 bits per heavy atom. The van der Waals surface area contributed by atoms with Gasteiger partial charge in [0.05, 0.1) is 19.3 Å². The van der Waals surface area contributed by atoms with Gasteiger partial charge in [-0.15, -0.1) is 0 Å². The molecule has 0 aliphatic rings. The number of fused-ring (bicyclic) bond motifs is 1. The van der Waals surface area contributed by atoms with Gasteiger partial charge in [-0.3, -0.25) is 0 Å². The van der Waals surface area contributed by atoms with Crippen molar-refractivity contribution in [3.63, 3.8) is 0 Å². The lowest BCUT2D eigenvalue weighted by atomic mass is 10.1. The second-order valence-corrected chi connectivity index (χ2v) is 3.58. The van der Waals surface area contributed by atoms with Gasteiger partial charge in [-0.25, -0.2) is 4.79 Å². The average Bonchev–Trinajstić information content (AvgIpc) is 2.78. The fourth-order valence-corrected chi connectivity index (χ4v) is 1.71. The molecule has 88 valence electrons. The lowest BCUT2D eigenvalue weighted by molar-refractivity contribution is 0.0603. The number of esters is 1. The first kappa shape index (κ1) is 11.4. The van der Waals surface area contributed by atoms with Crippen LogP contribution in [0.5, 0.6) is 0 Å². The van der Waals surface area contributed by atoms with Crippen molar-refractivity contribution in [2.45, 2.75) is 0 Å². The van der Waals surface area contributed by atoms with Crippen molar-refractivity contribution in [2.24, 2.45) is 0 Å². The monoisotopic (exact) mass is 231 g/mol. The second-order valence-electron chi connectivity index (χ2n) is 3.58. The molecular weight excluding hydrogens is 218 g/mol. The van der Waals surface area contributed by atoms with E-state index in [-0.39, 0.29) is 12.6 Å². The van der Waals surface area contributed by atoms with E-state index in [1.54, 1.807) is 18.3 Å². The summed E-state index contributed by atoms with van der Waals surface area (Å²) in [6.45, 7) is -0.00493. The SMILES string of the molecule is COC(=O)c1c[nH]c2ccc(C=CCO)cc12. The summed E-state index contributed by atoms with van der Waals surface area (Å²) in [5, 5.41) is 9.53. The Bertz CT molecular complexity index is 569. The highest BCUT2D eigenvalue weighted by Gasteiger charge is 2.11. The molecule has 0 atom stereocenters. The van der Waals surface area contributed by atoms with Gasteiger partial charge in [-0.1, -0.05) is 18.2 Å². The molecule has 2 rings (SSSR count). The fourth-order valence-electron chi connectivity index (χ4n) is 1.71. The highest BCUT2D eigenvalue weighted by Crippen LogP contribution is 2.21. The van der Waals surface area contributed by atoms with Crippen LogP contribution in [0.2, 0.25) is 0 Å². The van der Waals surface area contributed by atoms with E-state index >= 15 is 0 Å². The predicted octanol–water partition coefficient (Wildman–Crippen LogP) is 1.96. The number of methoxy groups -OCH3 is 1. The van der Waals surface area contributed by atoms with Crippen LogP contribution in [0, 0.1) is 0 Å². The zero-order valence-corrected chi connectivity index (χ0v) is 9.43. The quantitative estimate of drug-likeness (QED) is 0.794. The number of H-pyrrole nitrogens is 1. The highest BCUT2D eigenvalue weighted by molar-refractivity contribution is 6.04. The molecule has 17 heavy (non-hydrogen) atoms. The van der Waals surface area contributed by atoms with E-state index in [9.17, 15) is 4.79 Å². The summed E-state index contributed by atoms with van der Waals surface area (Å²) in [5.41, 5.74) is 2.32. The fraction of sp³-hybridized carbons (Fsp3) is 0.154. The molecule has 0 aliphatic heterocycles. The zero-order valence-electron chi connectivity index (χ0n) is 9.43. The molecule has 0 unspecified atom stereocenters. The second kappa shape index (κ2) is 4.84. The molecule has 0 saturated heterocycles. The van der Waals surface area contributed by atoms with Crippen molar-refractivity contribution in [1.29, 1.82) is 0 Å². The third-order valence-electron chi connectivity index (χ3n) is 2.53. The third kappa shape index (κ3) is 2.21. The molecule has 4 heteroatoms. The van der Waals surface area contributed by atoms with E-state index in [4.69, 9.17) is 9.84 Å². The summed E-state index contributed by atoms with van der Waals surface area (Å²) in [6, 6.07) is 5.68. The summed E-state index contributed by atoms with van der Waals surface area (Å²) in [6.07, 6.45) is 5.08. The van der Waals surface area contributed by atoms with E-state index < -0.39 is 0 Å². The summed E-state index contributed by atoms with van der Waals surface area (Å²) in [7, 11) is 1.36. The minimum atomic E-state index is -0.362. The lowest BCUT2D eigenvalue weighted by Gasteiger charge is -1.98. The minimum Gasteiger partial charge on any atom is -0.465 e. The normalized spacial score (nSPS) is 11.2. The largest absolute Gasteiger partial charge is 0.465 e. The molecule has 2 N–H and O–H groups in total.